The smallest absolute Gasteiger partial charge is 0.306 e. The number of carbonyl (C=O) groups excluding carboxylic acids is 1. The van der Waals surface area contributed by atoms with E-state index in [2.05, 4.69) is 9.97 Å². The molecule has 0 aliphatic heterocycles. The highest BCUT2D eigenvalue weighted by Gasteiger charge is 2.14. The van der Waals surface area contributed by atoms with E-state index in [9.17, 15) is 9.59 Å². The summed E-state index contributed by atoms with van der Waals surface area (Å²) in [6.07, 6.45) is 0. The lowest BCUT2D eigenvalue weighted by Gasteiger charge is -2.00. The van der Waals surface area contributed by atoms with Crippen molar-refractivity contribution in [3.63, 3.8) is 0 Å². The van der Waals surface area contributed by atoms with Crippen molar-refractivity contribution in [2.24, 2.45) is 0 Å². The van der Waals surface area contributed by atoms with E-state index in [-0.39, 0.29) is 11.5 Å². The van der Waals surface area contributed by atoms with Gasteiger partial charge in [0.25, 0.3) is 0 Å². The maximum Gasteiger partial charge on any atom is 0.323 e. The molecule has 0 amide bonds. The first kappa shape index (κ1) is 10.3. The molecule has 0 bridgehead atoms. The third kappa shape index (κ3) is 1.91. The van der Waals surface area contributed by atoms with Crippen LogP contribution in [0, 0.1) is 0 Å². The summed E-state index contributed by atoms with van der Waals surface area (Å²) in [6, 6.07) is 4.72. The molecule has 4 nitrogen and oxygen atoms in total. The zero-order chi connectivity index (χ0) is 11.0. The summed E-state index contributed by atoms with van der Waals surface area (Å²) in [5.41, 5.74) is 1.24. The van der Waals surface area contributed by atoms with Crippen LogP contribution in [0.5, 0.6) is 0 Å². The lowest BCUT2D eigenvalue weighted by atomic mass is 10.1. The van der Waals surface area contributed by atoms with Crippen molar-refractivity contribution in [1.82, 2.24) is 9.97 Å². The molecule has 2 N–H and O–H groups in total. The molecule has 1 heterocycles. The fourth-order valence-corrected chi connectivity index (χ4v) is 1.56. The third-order valence-electron chi connectivity index (χ3n) is 2.00. The Kier molecular flexibility index (Phi) is 2.54. The predicted molar refractivity (Wildman–Crippen MR) is 58.7 cm³/mol. The number of alkyl halides is 2. The minimum atomic E-state index is -1.09. The summed E-state index contributed by atoms with van der Waals surface area (Å²) in [6.45, 7) is 0. The Labute approximate surface area is 94.2 Å². The SMILES string of the molecule is O=C(c1ccc2[nH]c(=O)[nH]c2c1)C(Cl)Cl. The molecule has 0 spiro atoms. The monoisotopic (exact) mass is 244 g/mol. The molecule has 6 heteroatoms. The van der Waals surface area contributed by atoms with Gasteiger partial charge in [-0.15, -0.1) is 0 Å². The number of imidazole rings is 1. The van der Waals surface area contributed by atoms with Crippen LogP contribution in [0.4, 0.5) is 0 Å². The fraction of sp³-hybridized carbons (Fsp3) is 0.111. The minimum Gasteiger partial charge on any atom is -0.306 e. The Balaban J connectivity index is 2.55. The molecule has 0 unspecified atom stereocenters. The predicted octanol–water partition coefficient (Wildman–Crippen LogP) is 1.84. The van der Waals surface area contributed by atoms with Crippen molar-refractivity contribution in [2.45, 2.75) is 4.84 Å². The molecule has 0 saturated carbocycles. The van der Waals surface area contributed by atoms with Gasteiger partial charge in [0.15, 0.2) is 10.6 Å². The molecule has 0 aliphatic carbocycles. The number of fused-ring (bicyclic) bond motifs is 1. The Morgan fingerprint density at radius 1 is 1.20 bits per heavy atom. The number of rotatable bonds is 2. The summed E-state index contributed by atoms with van der Waals surface area (Å²) >= 11 is 10.9. The largest absolute Gasteiger partial charge is 0.323 e. The number of Topliss-reactive ketones (excluding diaryl/α,β-unsaturated/α-hetero) is 1. The zero-order valence-electron chi connectivity index (χ0n) is 7.38. The fourth-order valence-electron chi connectivity index (χ4n) is 1.31. The number of aromatic nitrogens is 2. The van der Waals surface area contributed by atoms with E-state index in [0.717, 1.165) is 0 Å². The second-order valence-corrected chi connectivity index (χ2v) is 4.10. The molecule has 0 atom stereocenters. The van der Waals surface area contributed by atoms with E-state index < -0.39 is 4.84 Å². The Hall–Kier alpha value is -1.26. The highest BCUT2D eigenvalue weighted by atomic mass is 35.5. The summed E-state index contributed by atoms with van der Waals surface area (Å²) in [5.74, 6) is -0.387. The van der Waals surface area contributed by atoms with Crippen LogP contribution in [0.15, 0.2) is 23.0 Å². The molecule has 78 valence electrons. The van der Waals surface area contributed by atoms with Gasteiger partial charge in [-0.3, -0.25) is 4.79 Å². The van der Waals surface area contributed by atoms with Crippen LogP contribution in [-0.4, -0.2) is 20.6 Å². The average molecular weight is 245 g/mol. The van der Waals surface area contributed by atoms with Crippen LogP contribution in [0.1, 0.15) is 10.4 Å². The van der Waals surface area contributed by atoms with E-state index in [1.807, 2.05) is 0 Å². The highest BCUT2D eigenvalue weighted by molar-refractivity contribution is 6.55. The van der Waals surface area contributed by atoms with Gasteiger partial charge < -0.3 is 9.97 Å². The number of ketones is 1. The second kappa shape index (κ2) is 3.72. The lowest BCUT2D eigenvalue weighted by Crippen LogP contribution is -2.07. The molecule has 1 aromatic carbocycles. The van der Waals surface area contributed by atoms with Gasteiger partial charge in [-0.05, 0) is 18.2 Å². The van der Waals surface area contributed by atoms with Crippen LogP contribution in [0.3, 0.4) is 0 Å². The molecular formula is C9H6Cl2N2O2. The van der Waals surface area contributed by atoms with Crippen molar-refractivity contribution in [3.8, 4) is 0 Å². The van der Waals surface area contributed by atoms with Crippen LogP contribution < -0.4 is 5.69 Å². The number of halogens is 2. The first-order chi connectivity index (χ1) is 7.08. The van der Waals surface area contributed by atoms with E-state index >= 15 is 0 Å². The van der Waals surface area contributed by atoms with E-state index in [0.29, 0.717) is 16.6 Å². The molecule has 0 fully saturated rings. The van der Waals surface area contributed by atoms with Crippen molar-refractivity contribution >= 4 is 40.0 Å². The van der Waals surface area contributed by atoms with Gasteiger partial charge >= 0.3 is 5.69 Å². The normalized spacial score (nSPS) is 11.1. The lowest BCUT2D eigenvalue weighted by molar-refractivity contribution is 0.101. The Bertz CT molecular complexity index is 571. The number of hydrogen-bond donors (Lipinski definition) is 2. The number of carbonyl (C=O) groups is 1. The summed E-state index contributed by atoms with van der Waals surface area (Å²) in [4.78, 5) is 26.4. The molecular weight excluding hydrogens is 239 g/mol. The van der Waals surface area contributed by atoms with Crippen molar-refractivity contribution in [3.05, 3.63) is 34.2 Å². The van der Waals surface area contributed by atoms with Crippen molar-refractivity contribution in [1.29, 1.82) is 0 Å². The van der Waals surface area contributed by atoms with Gasteiger partial charge in [0.05, 0.1) is 11.0 Å². The van der Waals surface area contributed by atoms with Gasteiger partial charge in [0, 0.05) is 5.56 Å². The number of nitrogens with one attached hydrogen (secondary N) is 2. The van der Waals surface area contributed by atoms with Crippen LogP contribution in [0.25, 0.3) is 11.0 Å². The third-order valence-corrected chi connectivity index (χ3v) is 2.40. The van der Waals surface area contributed by atoms with Gasteiger partial charge in [0.1, 0.15) is 0 Å². The molecule has 15 heavy (non-hydrogen) atoms. The van der Waals surface area contributed by atoms with E-state index in [1.54, 1.807) is 12.1 Å². The molecule has 0 radical (unpaired) electrons. The molecule has 1 aromatic heterocycles. The quantitative estimate of drug-likeness (QED) is 0.626. The average Bonchev–Trinajstić information content (AvgIpc) is 2.55. The van der Waals surface area contributed by atoms with Gasteiger partial charge in [-0.25, -0.2) is 4.79 Å². The summed E-state index contributed by atoms with van der Waals surface area (Å²) in [5, 5.41) is 0. The van der Waals surface area contributed by atoms with Crippen LogP contribution >= 0.6 is 23.2 Å². The number of H-pyrrole nitrogens is 2. The minimum absolute atomic E-state index is 0.317. The zero-order valence-corrected chi connectivity index (χ0v) is 8.89. The topological polar surface area (TPSA) is 65.7 Å². The molecule has 0 aliphatic rings. The maximum absolute atomic E-state index is 11.4. The maximum atomic E-state index is 11.4. The van der Waals surface area contributed by atoms with Gasteiger partial charge in [-0.2, -0.15) is 0 Å². The number of aromatic amines is 2. The Morgan fingerprint density at radius 3 is 2.53 bits per heavy atom. The second-order valence-electron chi connectivity index (χ2n) is 3.00. The number of hydrogen-bond acceptors (Lipinski definition) is 2. The molecule has 0 saturated heterocycles. The summed E-state index contributed by atoms with van der Waals surface area (Å²) in [7, 11) is 0. The van der Waals surface area contributed by atoms with Gasteiger partial charge in [0.2, 0.25) is 0 Å². The van der Waals surface area contributed by atoms with Crippen molar-refractivity contribution in [2.75, 3.05) is 0 Å². The molecule has 2 aromatic rings. The highest BCUT2D eigenvalue weighted by Crippen LogP contribution is 2.15. The number of benzene rings is 1. The van der Waals surface area contributed by atoms with Crippen LogP contribution in [0.2, 0.25) is 0 Å². The van der Waals surface area contributed by atoms with E-state index in [4.69, 9.17) is 23.2 Å². The van der Waals surface area contributed by atoms with Crippen LogP contribution in [-0.2, 0) is 0 Å². The first-order valence-electron chi connectivity index (χ1n) is 4.12. The standard InChI is InChI=1S/C9H6Cl2N2O2/c10-8(11)7(14)4-1-2-5-6(3-4)13-9(15)12-5/h1-3,8H,(H2,12,13,15). The van der Waals surface area contributed by atoms with Gasteiger partial charge in [-0.1, -0.05) is 23.2 Å². The first-order valence-corrected chi connectivity index (χ1v) is 4.99. The molecule has 2 rings (SSSR count). The Morgan fingerprint density at radius 2 is 1.87 bits per heavy atom. The van der Waals surface area contributed by atoms with Crippen molar-refractivity contribution < 1.29 is 4.79 Å². The van der Waals surface area contributed by atoms with E-state index in [1.165, 1.54) is 6.07 Å². The summed E-state index contributed by atoms with van der Waals surface area (Å²) < 4.78 is 0.